The van der Waals surface area contributed by atoms with Crippen molar-refractivity contribution in [2.75, 3.05) is 11.4 Å². The molecule has 1 saturated carbocycles. The minimum Gasteiger partial charge on any atom is -0.351 e. The molecule has 1 fully saturated rings. The Balaban J connectivity index is 1.53. The van der Waals surface area contributed by atoms with E-state index in [0.717, 1.165) is 43.2 Å². The molecule has 2 aromatic heterocycles. The number of aromatic nitrogens is 4. The summed E-state index contributed by atoms with van der Waals surface area (Å²) in [4.78, 5) is 2.38. The lowest BCUT2D eigenvalue weighted by Crippen LogP contribution is -2.24. The van der Waals surface area contributed by atoms with Crippen LogP contribution in [0.3, 0.4) is 0 Å². The zero-order valence-electron chi connectivity index (χ0n) is 13.0. The minimum absolute atomic E-state index is 0.553. The fraction of sp³-hybridized carbons (Fsp3) is 0.389. The smallest absolute Gasteiger partial charge is 0.178 e. The van der Waals surface area contributed by atoms with Crippen LogP contribution in [0.15, 0.2) is 36.4 Å². The molecule has 0 unspecified atom stereocenters. The fourth-order valence-electron chi connectivity index (χ4n) is 3.46. The summed E-state index contributed by atoms with van der Waals surface area (Å²) in [6.45, 7) is 1.96. The van der Waals surface area contributed by atoms with Gasteiger partial charge in [-0.1, -0.05) is 24.3 Å². The lowest BCUT2D eigenvalue weighted by Gasteiger charge is -2.21. The zero-order valence-corrected chi connectivity index (χ0v) is 13.0. The van der Waals surface area contributed by atoms with Gasteiger partial charge in [-0.3, -0.25) is 0 Å². The molecule has 23 heavy (non-hydrogen) atoms. The topological polar surface area (TPSA) is 46.3 Å². The number of hydrogen-bond acceptors (Lipinski definition) is 4. The summed E-state index contributed by atoms with van der Waals surface area (Å²) in [5.41, 5.74) is 3.74. The number of benzene rings is 1. The van der Waals surface area contributed by atoms with Crippen LogP contribution in [0.25, 0.3) is 5.65 Å². The molecule has 0 atom stereocenters. The van der Waals surface area contributed by atoms with Crippen LogP contribution in [-0.4, -0.2) is 26.4 Å². The molecule has 0 saturated heterocycles. The molecule has 1 aliphatic carbocycles. The van der Waals surface area contributed by atoms with Gasteiger partial charge in [0, 0.05) is 19.0 Å². The number of nitrogens with zero attached hydrogens (tertiary/aromatic N) is 5. The second-order valence-electron chi connectivity index (χ2n) is 6.59. The van der Waals surface area contributed by atoms with E-state index in [1.165, 1.54) is 24.0 Å². The van der Waals surface area contributed by atoms with Crippen LogP contribution >= 0.6 is 0 Å². The third kappa shape index (κ3) is 2.27. The van der Waals surface area contributed by atoms with Crippen LogP contribution in [-0.2, 0) is 13.0 Å². The molecule has 2 aliphatic rings. The van der Waals surface area contributed by atoms with Gasteiger partial charge in [0.1, 0.15) is 5.82 Å². The molecular weight excluding hydrogens is 286 g/mol. The second-order valence-corrected chi connectivity index (χ2v) is 6.59. The van der Waals surface area contributed by atoms with E-state index < -0.39 is 0 Å². The van der Waals surface area contributed by atoms with Crippen molar-refractivity contribution >= 4 is 11.5 Å². The van der Waals surface area contributed by atoms with Gasteiger partial charge in [-0.2, -0.15) is 4.52 Å². The molecule has 5 heteroatoms. The maximum absolute atomic E-state index is 4.85. The molecule has 0 amide bonds. The number of aryl methyl sites for hydroxylation is 1. The number of fused-ring (bicyclic) bond motifs is 2. The molecule has 1 aliphatic heterocycles. The lowest BCUT2D eigenvalue weighted by molar-refractivity contribution is 0.728. The summed E-state index contributed by atoms with van der Waals surface area (Å²) >= 11 is 0. The highest BCUT2D eigenvalue weighted by Gasteiger charge is 2.29. The maximum atomic E-state index is 4.85. The van der Waals surface area contributed by atoms with E-state index in [9.17, 15) is 0 Å². The summed E-state index contributed by atoms with van der Waals surface area (Å²) in [5.74, 6) is 2.60. The molecule has 0 spiro atoms. The highest BCUT2D eigenvalue weighted by atomic mass is 15.4. The predicted octanol–water partition coefficient (Wildman–Crippen LogP) is 2.95. The Bertz CT molecular complexity index is 865. The van der Waals surface area contributed by atoms with Crippen LogP contribution < -0.4 is 4.90 Å². The van der Waals surface area contributed by atoms with Gasteiger partial charge in [-0.25, -0.2) is 0 Å². The number of hydrogen-bond donors (Lipinski definition) is 0. The van der Waals surface area contributed by atoms with Crippen molar-refractivity contribution in [1.82, 2.24) is 19.8 Å². The van der Waals surface area contributed by atoms with Gasteiger partial charge < -0.3 is 4.90 Å². The molecular formula is C18H19N5. The average Bonchev–Trinajstić information content (AvgIpc) is 3.37. The summed E-state index contributed by atoms with van der Waals surface area (Å²) in [6, 6.07) is 12.9. The third-order valence-corrected chi connectivity index (χ3v) is 4.89. The Morgan fingerprint density at radius 2 is 1.83 bits per heavy atom. The first-order chi connectivity index (χ1) is 11.4. The van der Waals surface area contributed by atoms with E-state index in [-0.39, 0.29) is 0 Å². The van der Waals surface area contributed by atoms with Gasteiger partial charge in [-0.15, -0.1) is 15.3 Å². The largest absolute Gasteiger partial charge is 0.351 e. The first kappa shape index (κ1) is 13.0. The molecule has 0 radical (unpaired) electrons. The predicted molar refractivity (Wildman–Crippen MR) is 88.6 cm³/mol. The zero-order chi connectivity index (χ0) is 15.2. The lowest BCUT2D eigenvalue weighted by atomic mass is 10.0. The quantitative estimate of drug-likeness (QED) is 0.730. The molecule has 0 bridgehead atoms. The van der Waals surface area contributed by atoms with Crippen molar-refractivity contribution in [1.29, 1.82) is 0 Å². The van der Waals surface area contributed by atoms with Crippen molar-refractivity contribution in [3.05, 3.63) is 53.3 Å². The second kappa shape index (κ2) is 5.05. The Kier molecular flexibility index (Phi) is 2.86. The van der Waals surface area contributed by atoms with Gasteiger partial charge in [0.05, 0.1) is 0 Å². The fourth-order valence-corrected chi connectivity index (χ4v) is 3.46. The Labute approximate surface area is 135 Å². The van der Waals surface area contributed by atoms with E-state index >= 15 is 0 Å². The van der Waals surface area contributed by atoms with Crippen LogP contribution in [0.2, 0.25) is 0 Å². The van der Waals surface area contributed by atoms with E-state index in [1.807, 2.05) is 10.6 Å². The van der Waals surface area contributed by atoms with E-state index in [1.54, 1.807) is 0 Å². The van der Waals surface area contributed by atoms with Crippen molar-refractivity contribution in [3.63, 3.8) is 0 Å². The van der Waals surface area contributed by atoms with Crippen LogP contribution in [0.1, 0.15) is 42.1 Å². The average molecular weight is 305 g/mol. The third-order valence-electron chi connectivity index (χ3n) is 4.89. The van der Waals surface area contributed by atoms with Crippen molar-refractivity contribution in [2.45, 2.75) is 38.1 Å². The van der Waals surface area contributed by atoms with E-state index in [0.29, 0.717) is 5.92 Å². The first-order valence-corrected chi connectivity index (χ1v) is 8.42. The molecule has 3 heterocycles. The van der Waals surface area contributed by atoms with Crippen molar-refractivity contribution in [2.24, 2.45) is 0 Å². The highest BCUT2D eigenvalue weighted by Crippen LogP contribution is 2.38. The number of anilines is 1. The maximum Gasteiger partial charge on any atom is 0.178 e. The van der Waals surface area contributed by atoms with E-state index in [2.05, 4.69) is 45.4 Å². The Hall–Kier alpha value is -2.43. The van der Waals surface area contributed by atoms with Gasteiger partial charge in [0.25, 0.3) is 0 Å². The summed E-state index contributed by atoms with van der Waals surface area (Å²) in [6.07, 6.45) is 4.73. The van der Waals surface area contributed by atoms with Crippen LogP contribution in [0, 0.1) is 0 Å². The minimum atomic E-state index is 0.553. The first-order valence-electron chi connectivity index (χ1n) is 8.42. The standard InChI is InChI=1S/C18H19N5/c1-2-5-15-12-22(11-3-6-13(15)4-1)17-10-9-16-19-20-18(14-7-8-14)23(16)21-17/h1-2,4-5,9-10,14H,3,6-8,11-12H2. The summed E-state index contributed by atoms with van der Waals surface area (Å²) in [7, 11) is 0. The van der Waals surface area contributed by atoms with E-state index in [4.69, 9.17) is 5.10 Å². The monoisotopic (exact) mass is 305 g/mol. The van der Waals surface area contributed by atoms with Crippen molar-refractivity contribution in [3.8, 4) is 0 Å². The van der Waals surface area contributed by atoms with Gasteiger partial charge in [0.15, 0.2) is 11.5 Å². The Morgan fingerprint density at radius 3 is 2.70 bits per heavy atom. The normalized spacial score (nSPS) is 18.0. The van der Waals surface area contributed by atoms with Crippen LogP contribution in [0.5, 0.6) is 0 Å². The molecule has 3 aromatic rings. The number of rotatable bonds is 2. The van der Waals surface area contributed by atoms with Crippen LogP contribution in [0.4, 0.5) is 5.82 Å². The summed E-state index contributed by atoms with van der Waals surface area (Å²) < 4.78 is 1.95. The molecule has 1 aromatic carbocycles. The van der Waals surface area contributed by atoms with Gasteiger partial charge >= 0.3 is 0 Å². The molecule has 5 nitrogen and oxygen atoms in total. The summed E-state index contributed by atoms with van der Waals surface area (Å²) in [5, 5.41) is 13.4. The van der Waals surface area contributed by atoms with Crippen molar-refractivity contribution < 1.29 is 0 Å². The molecule has 0 N–H and O–H groups in total. The highest BCUT2D eigenvalue weighted by molar-refractivity contribution is 5.47. The molecule has 116 valence electrons. The molecule has 5 rings (SSSR count). The SMILES string of the molecule is c1ccc2c(c1)CCCN(c1ccc3nnc(C4CC4)n3n1)C2. The Morgan fingerprint density at radius 1 is 0.957 bits per heavy atom. The van der Waals surface area contributed by atoms with Gasteiger partial charge in [-0.05, 0) is 48.9 Å². The van der Waals surface area contributed by atoms with Gasteiger partial charge in [0.2, 0.25) is 0 Å².